The highest BCUT2D eigenvalue weighted by molar-refractivity contribution is 5.77. The van der Waals surface area contributed by atoms with Crippen LogP contribution >= 0.6 is 0 Å². The molecule has 1 saturated carbocycles. The molecule has 0 spiro atoms. The van der Waals surface area contributed by atoms with Gasteiger partial charge in [-0.3, -0.25) is 4.79 Å². The van der Waals surface area contributed by atoms with Crippen molar-refractivity contribution in [2.24, 2.45) is 23.0 Å². The van der Waals surface area contributed by atoms with Crippen molar-refractivity contribution in [2.45, 2.75) is 65.9 Å². The first kappa shape index (κ1) is 18.4. The maximum Gasteiger partial charge on any atom is 0.246 e. The molecule has 3 N–H and O–H groups in total. The summed E-state index contributed by atoms with van der Waals surface area (Å²) in [5, 5.41) is 2.89. The Morgan fingerprint density at radius 1 is 1.33 bits per heavy atom. The lowest BCUT2D eigenvalue weighted by Crippen LogP contribution is -2.47. The smallest absolute Gasteiger partial charge is 0.246 e. The molecule has 0 unspecified atom stereocenters. The first-order valence-electron chi connectivity index (χ1n) is 8.29. The molecule has 1 aliphatic rings. The quantitative estimate of drug-likeness (QED) is 0.792. The van der Waals surface area contributed by atoms with E-state index >= 15 is 0 Å². The van der Waals surface area contributed by atoms with Crippen molar-refractivity contribution in [1.29, 1.82) is 0 Å². The molecule has 1 rings (SSSR count). The average molecular weight is 298 g/mol. The number of nitrogens with two attached hydrogens (primary N) is 1. The van der Waals surface area contributed by atoms with Gasteiger partial charge in [0.25, 0.3) is 0 Å². The summed E-state index contributed by atoms with van der Waals surface area (Å²) in [5.41, 5.74) is 5.99. The highest BCUT2D eigenvalue weighted by atomic mass is 16.5. The van der Waals surface area contributed by atoms with Crippen LogP contribution in [0, 0.1) is 17.3 Å². The molecule has 0 aromatic rings. The molecule has 4 nitrogen and oxygen atoms in total. The van der Waals surface area contributed by atoms with Gasteiger partial charge in [0, 0.05) is 13.1 Å². The van der Waals surface area contributed by atoms with Gasteiger partial charge in [-0.2, -0.15) is 0 Å². The summed E-state index contributed by atoms with van der Waals surface area (Å²) in [4.78, 5) is 11.8. The second-order valence-electron chi connectivity index (χ2n) is 8.01. The third kappa shape index (κ3) is 5.95. The molecule has 1 amide bonds. The van der Waals surface area contributed by atoms with Crippen LogP contribution in [0.25, 0.3) is 0 Å². The molecule has 0 aliphatic heterocycles. The number of nitrogens with one attached hydrogen (secondary N) is 1. The van der Waals surface area contributed by atoms with Gasteiger partial charge in [-0.1, -0.05) is 34.6 Å². The molecule has 0 radical (unpaired) electrons. The molecule has 1 aliphatic carbocycles. The van der Waals surface area contributed by atoms with E-state index in [9.17, 15) is 4.79 Å². The average Bonchev–Trinajstić information content (AvgIpc) is 2.42. The Bertz CT molecular complexity index is 326. The number of hydrogen-bond donors (Lipinski definition) is 2. The van der Waals surface area contributed by atoms with Gasteiger partial charge in [0.05, 0.1) is 5.60 Å². The first-order chi connectivity index (χ1) is 9.68. The van der Waals surface area contributed by atoms with E-state index in [0.29, 0.717) is 24.4 Å². The molecule has 0 saturated heterocycles. The summed E-state index contributed by atoms with van der Waals surface area (Å²) in [6, 6.07) is 0. The van der Waals surface area contributed by atoms with Gasteiger partial charge < -0.3 is 15.8 Å². The minimum absolute atomic E-state index is 0.0329. The highest BCUT2D eigenvalue weighted by Gasteiger charge is 2.38. The van der Waals surface area contributed by atoms with E-state index < -0.39 is 0 Å². The molecule has 0 aromatic carbocycles. The van der Waals surface area contributed by atoms with E-state index in [4.69, 9.17) is 10.5 Å². The van der Waals surface area contributed by atoms with Crippen LogP contribution in [-0.4, -0.2) is 31.2 Å². The van der Waals surface area contributed by atoms with E-state index in [2.05, 4.69) is 39.9 Å². The van der Waals surface area contributed by atoms with Crippen molar-refractivity contribution < 1.29 is 9.53 Å². The number of carbonyl (C=O) groups excluding carboxylic acids is 1. The molecular formula is C17H34N2O2. The van der Waals surface area contributed by atoms with Gasteiger partial charge in [0.2, 0.25) is 5.91 Å². The third-order valence-corrected chi connectivity index (χ3v) is 4.71. The number of amides is 1. The third-order valence-electron chi connectivity index (χ3n) is 4.71. The number of ether oxygens (including phenoxy) is 1. The fourth-order valence-corrected chi connectivity index (χ4v) is 3.00. The topological polar surface area (TPSA) is 64.3 Å². The van der Waals surface area contributed by atoms with Crippen molar-refractivity contribution in [3.63, 3.8) is 0 Å². The minimum Gasteiger partial charge on any atom is -0.364 e. The predicted octanol–water partition coefficient (Wildman–Crippen LogP) is 2.71. The fourth-order valence-electron chi connectivity index (χ4n) is 3.00. The molecule has 1 fully saturated rings. The van der Waals surface area contributed by atoms with E-state index in [1.54, 1.807) is 0 Å². The predicted molar refractivity (Wildman–Crippen MR) is 87.0 cm³/mol. The maximum atomic E-state index is 11.8. The lowest BCUT2D eigenvalue weighted by molar-refractivity contribution is -0.137. The van der Waals surface area contributed by atoms with Crippen molar-refractivity contribution >= 4 is 5.91 Å². The van der Waals surface area contributed by atoms with Crippen LogP contribution in [0.15, 0.2) is 0 Å². The van der Waals surface area contributed by atoms with Gasteiger partial charge in [-0.15, -0.1) is 0 Å². The Kier molecular flexibility index (Phi) is 6.67. The molecule has 124 valence electrons. The van der Waals surface area contributed by atoms with Crippen molar-refractivity contribution in [3.8, 4) is 0 Å². The molecule has 4 heteroatoms. The Morgan fingerprint density at radius 2 is 1.90 bits per heavy atom. The lowest BCUT2D eigenvalue weighted by Gasteiger charge is -2.43. The zero-order valence-corrected chi connectivity index (χ0v) is 14.5. The Balaban J connectivity index is 2.43. The maximum absolute atomic E-state index is 11.8. The van der Waals surface area contributed by atoms with Crippen LogP contribution in [0.3, 0.4) is 0 Å². The molecule has 0 aromatic heterocycles. The van der Waals surface area contributed by atoms with Gasteiger partial charge in [0.15, 0.2) is 0 Å². The lowest BCUT2D eigenvalue weighted by atomic mass is 9.68. The van der Waals surface area contributed by atoms with E-state index in [1.807, 2.05) is 0 Å². The molecule has 0 atom stereocenters. The normalized spacial score (nSPS) is 26.9. The molecule has 21 heavy (non-hydrogen) atoms. The molecular weight excluding hydrogens is 264 g/mol. The summed E-state index contributed by atoms with van der Waals surface area (Å²) in [5.74, 6) is 1.14. The summed E-state index contributed by atoms with van der Waals surface area (Å²) in [7, 11) is 0. The van der Waals surface area contributed by atoms with Gasteiger partial charge in [0.1, 0.15) is 6.61 Å². The Labute approximate surface area is 130 Å². The van der Waals surface area contributed by atoms with Crippen LogP contribution in [0.5, 0.6) is 0 Å². The summed E-state index contributed by atoms with van der Waals surface area (Å²) < 4.78 is 5.94. The summed E-state index contributed by atoms with van der Waals surface area (Å²) in [6.07, 6.45) is 4.19. The fraction of sp³-hybridized carbons (Fsp3) is 0.941. The molecule has 0 bridgehead atoms. The van der Waals surface area contributed by atoms with Crippen LogP contribution in [-0.2, 0) is 9.53 Å². The van der Waals surface area contributed by atoms with Crippen LogP contribution in [0.1, 0.15) is 60.3 Å². The standard InChI is InChI=1S/C17H34N2O2/c1-13(2)10-19-15(20)11-21-17(12-18)8-6-14(7-9-17)16(3,4)5/h13-14H,6-12,18H2,1-5H3,(H,19,20). The van der Waals surface area contributed by atoms with E-state index in [1.165, 1.54) is 0 Å². The molecule has 0 heterocycles. The second kappa shape index (κ2) is 7.59. The van der Waals surface area contributed by atoms with Gasteiger partial charge in [-0.25, -0.2) is 0 Å². The Morgan fingerprint density at radius 3 is 2.33 bits per heavy atom. The van der Waals surface area contributed by atoms with Crippen LogP contribution in [0.4, 0.5) is 0 Å². The van der Waals surface area contributed by atoms with Crippen molar-refractivity contribution in [2.75, 3.05) is 19.7 Å². The highest BCUT2D eigenvalue weighted by Crippen LogP contribution is 2.42. The number of rotatable bonds is 6. The number of hydrogen-bond acceptors (Lipinski definition) is 3. The van der Waals surface area contributed by atoms with Crippen LogP contribution in [0.2, 0.25) is 0 Å². The van der Waals surface area contributed by atoms with Crippen molar-refractivity contribution in [1.82, 2.24) is 5.32 Å². The van der Waals surface area contributed by atoms with E-state index in [-0.39, 0.29) is 18.1 Å². The van der Waals surface area contributed by atoms with E-state index in [0.717, 1.165) is 31.6 Å². The number of carbonyl (C=O) groups is 1. The second-order valence-corrected chi connectivity index (χ2v) is 8.01. The zero-order valence-electron chi connectivity index (χ0n) is 14.5. The largest absolute Gasteiger partial charge is 0.364 e. The van der Waals surface area contributed by atoms with Crippen LogP contribution < -0.4 is 11.1 Å². The Hall–Kier alpha value is -0.610. The first-order valence-corrected chi connectivity index (χ1v) is 8.29. The van der Waals surface area contributed by atoms with Crippen molar-refractivity contribution in [3.05, 3.63) is 0 Å². The summed E-state index contributed by atoms with van der Waals surface area (Å²) in [6.45, 7) is 12.4. The van der Waals surface area contributed by atoms with Gasteiger partial charge in [-0.05, 0) is 42.9 Å². The zero-order chi connectivity index (χ0) is 16.1. The SMILES string of the molecule is CC(C)CNC(=O)COC1(CN)CCC(C(C)(C)C)CC1. The van der Waals surface area contributed by atoms with Gasteiger partial charge >= 0.3 is 0 Å². The summed E-state index contributed by atoms with van der Waals surface area (Å²) >= 11 is 0. The minimum atomic E-state index is -0.295. The monoisotopic (exact) mass is 298 g/mol.